The van der Waals surface area contributed by atoms with Crippen molar-refractivity contribution < 1.29 is 4.74 Å². The van der Waals surface area contributed by atoms with E-state index >= 15 is 0 Å². The van der Waals surface area contributed by atoms with Gasteiger partial charge in [0.1, 0.15) is 0 Å². The first-order valence-corrected chi connectivity index (χ1v) is 6.82. The van der Waals surface area contributed by atoms with Gasteiger partial charge in [-0.1, -0.05) is 23.2 Å². The summed E-state index contributed by atoms with van der Waals surface area (Å²) in [7, 11) is 1.71. The third-order valence-corrected chi connectivity index (χ3v) is 3.99. The molecule has 1 aromatic carbocycles. The smallest absolute Gasteiger partial charge is 0.0589 e. The molecule has 0 aliphatic carbocycles. The van der Waals surface area contributed by atoms with Gasteiger partial charge in [-0.05, 0) is 30.2 Å². The van der Waals surface area contributed by atoms with Crippen LogP contribution in [0.25, 0.3) is 0 Å². The van der Waals surface area contributed by atoms with Gasteiger partial charge in [-0.2, -0.15) is 0 Å². The van der Waals surface area contributed by atoms with Gasteiger partial charge in [-0.15, -0.1) is 0 Å². The van der Waals surface area contributed by atoms with Crippen molar-refractivity contribution in [2.75, 3.05) is 26.8 Å². The molecule has 18 heavy (non-hydrogen) atoms. The fourth-order valence-electron chi connectivity index (χ4n) is 2.51. The molecule has 3 nitrogen and oxygen atoms in total. The minimum Gasteiger partial charge on any atom is -0.383 e. The average Bonchev–Trinajstić information content (AvgIpc) is 2.71. The van der Waals surface area contributed by atoms with Crippen LogP contribution >= 0.6 is 23.2 Å². The summed E-state index contributed by atoms with van der Waals surface area (Å²) < 4.78 is 5.14. The first-order chi connectivity index (χ1) is 8.63. The number of halogens is 2. The molecule has 0 amide bonds. The molecule has 1 saturated heterocycles. The fraction of sp³-hybridized carbons (Fsp3) is 0.538. The Labute approximate surface area is 118 Å². The maximum Gasteiger partial charge on any atom is 0.0589 e. The second kappa shape index (κ2) is 6.22. The molecule has 0 saturated carbocycles. The maximum absolute atomic E-state index is 6.27. The summed E-state index contributed by atoms with van der Waals surface area (Å²) in [5.74, 6) is 0. The lowest BCUT2D eigenvalue weighted by molar-refractivity contribution is 0.139. The van der Waals surface area contributed by atoms with Crippen LogP contribution in [0.3, 0.4) is 0 Å². The van der Waals surface area contributed by atoms with E-state index in [0.29, 0.717) is 11.6 Å². The molecule has 100 valence electrons. The summed E-state index contributed by atoms with van der Waals surface area (Å²) in [6.45, 7) is 2.52. The quantitative estimate of drug-likeness (QED) is 0.926. The Balaban J connectivity index is 2.24. The fourth-order valence-corrected chi connectivity index (χ4v) is 2.92. The van der Waals surface area contributed by atoms with Gasteiger partial charge < -0.3 is 10.5 Å². The van der Waals surface area contributed by atoms with E-state index in [2.05, 4.69) is 4.90 Å². The zero-order valence-electron chi connectivity index (χ0n) is 10.4. The van der Waals surface area contributed by atoms with Crippen molar-refractivity contribution in [3.05, 3.63) is 33.8 Å². The lowest BCUT2D eigenvalue weighted by atomic mass is 10.0. The Kier molecular flexibility index (Phi) is 4.87. The molecule has 1 heterocycles. The molecule has 2 rings (SSSR count). The highest BCUT2D eigenvalue weighted by Crippen LogP contribution is 2.36. The number of benzene rings is 1. The van der Waals surface area contributed by atoms with Crippen LogP contribution in [0.1, 0.15) is 18.0 Å². The molecular weight excluding hydrogens is 271 g/mol. The second-order valence-corrected chi connectivity index (χ2v) is 5.44. The van der Waals surface area contributed by atoms with E-state index in [0.717, 1.165) is 30.1 Å². The van der Waals surface area contributed by atoms with Gasteiger partial charge in [-0.3, -0.25) is 4.90 Å². The van der Waals surface area contributed by atoms with Gasteiger partial charge in [0.2, 0.25) is 0 Å². The molecule has 1 aliphatic rings. The first-order valence-electron chi connectivity index (χ1n) is 6.07. The van der Waals surface area contributed by atoms with E-state index in [4.69, 9.17) is 33.7 Å². The van der Waals surface area contributed by atoms with E-state index in [1.165, 1.54) is 0 Å². The van der Waals surface area contributed by atoms with Crippen molar-refractivity contribution in [1.82, 2.24) is 4.90 Å². The Morgan fingerprint density at radius 1 is 1.44 bits per heavy atom. The van der Waals surface area contributed by atoms with Crippen molar-refractivity contribution in [1.29, 1.82) is 0 Å². The summed E-state index contributed by atoms with van der Waals surface area (Å²) in [5, 5.41) is 1.42. The molecule has 1 aromatic rings. The van der Waals surface area contributed by atoms with Gasteiger partial charge in [0, 0.05) is 36.3 Å². The predicted octanol–water partition coefficient (Wildman–Crippen LogP) is 2.71. The minimum absolute atomic E-state index is 0.0952. The number of likely N-dealkylation sites (tertiary alicyclic amines) is 1. The van der Waals surface area contributed by atoms with Gasteiger partial charge >= 0.3 is 0 Å². The number of hydrogen-bond acceptors (Lipinski definition) is 3. The molecule has 1 fully saturated rings. The van der Waals surface area contributed by atoms with Crippen molar-refractivity contribution in [2.45, 2.75) is 18.5 Å². The number of rotatable bonds is 4. The highest BCUT2D eigenvalue weighted by molar-refractivity contribution is 6.33. The van der Waals surface area contributed by atoms with Crippen LogP contribution in [0.2, 0.25) is 10.0 Å². The molecule has 2 N–H and O–H groups in total. The minimum atomic E-state index is 0.0952. The van der Waals surface area contributed by atoms with E-state index < -0.39 is 0 Å². The predicted molar refractivity (Wildman–Crippen MR) is 75.2 cm³/mol. The zero-order valence-corrected chi connectivity index (χ0v) is 11.9. The van der Waals surface area contributed by atoms with Crippen LogP contribution in [0, 0.1) is 0 Å². The van der Waals surface area contributed by atoms with Crippen molar-refractivity contribution >= 4 is 23.2 Å². The molecule has 1 aliphatic heterocycles. The Bertz CT molecular complexity index is 414. The van der Waals surface area contributed by atoms with Gasteiger partial charge in [0.15, 0.2) is 0 Å². The summed E-state index contributed by atoms with van der Waals surface area (Å²) in [4.78, 5) is 2.31. The Morgan fingerprint density at radius 3 is 2.94 bits per heavy atom. The number of ether oxygens (including phenoxy) is 1. The van der Waals surface area contributed by atoms with Crippen molar-refractivity contribution in [3.63, 3.8) is 0 Å². The van der Waals surface area contributed by atoms with Crippen LogP contribution in [-0.2, 0) is 4.74 Å². The highest BCUT2D eigenvalue weighted by atomic mass is 35.5. The SMILES string of the molecule is COCCN1CCC(N)C1c1cc(Cl)ccc1Cl. The number of hydrogen-bond donors (Lipinski definition) is 1. The van der Waals surface area contributed by atoms with Crippen molar-refractivity contribution in [2.24, 2.45) is 5.73 Å². The van der Waals surface area contributed by atoms with E-state index in [1.807, 2.05) is 12.1 Å². The topological polar surface area (TPSA) is 38.5 Å². The highest BCUT2D eigenvalue weighted by Gasteiger charge is 2.33. The maximum atomic E-state index is 6.27. The zero-order chi connectivity index (χ0) is 13.1. The van der Waals surface area contributed by atoms with Crippen LogP contribution < -0.4 is 5.73 Å². The summed E-state index contributed by atoms with van der Waals surface area (Å²) in [5.41, 5.74) is 7.23. The third-order valence-electron chi connectivity index (χ3n) is 3.41. The Hall–Kier alpha value is -0.320. The first kappa shape index (κ1) is 14.1. The summed E-state index contributed by atoms with van der Waals surface area (Å²) in [6.07, 6.45) is 0.969. The van der Waals surface area contributed by atoms with E-state index in [-0.39, 0.29) is 12.1 Å². The van der Waals surface area contributed by atoms with Crippen molar-refractivity contribution in [3.8, 4) is 0 Å². The van der Waals surface area contributed by atoms with Gasteiger partial charge in [0.05, 0.1) is 12.6 Å². The van der Waals surface area contributed by atoms with Gasteiger partial charge in [-0.25, -0.2) is 0 Å². The lowest BCUT2D eigenvalue weighted by Gasteiger charge is -2.27. The van der Waals surface area contributed by atoms with Crippen LogP contribution in [0.5, 0.6) is 0 Å². The molecule has 0 radical (unpaired) electrons. The number of nitrogens with zero attached hydrogens (tertiary/aromatic N) is 1. The van der Waals surface area contributed by atoms with Crippen LogP contribution in [-0.4, -0.2) is 37.7 Å². The molecule has 2 atom stereocenters. The number of nitrogens with two attached hydrogens (primary N) is 1. The third kappa shape index (κ3) is 2.98. The summed E-state index contributed by atoms with van der Waals surface area (Å²) in [6, 6.07) is 5.77. The number of methoxy groups -OCH3 is 1. The van der Waals surface area contributed by atoms with E-state index in [1.54, 1.807) is 13.2 Å². The normalized spacial score (nSPS) is 24.7. The standard InChI is InChI=1S/C13H18Cl2N2O/c1-18-7-6-17-5-4-12(16)13(17)10-8-9(14)2-3-11(10)15/h2-3,8,12-13H,4-7,16H2,1H3. The molecule has 0 aromatic heterocycles. The van der Waals surface area contributed by atoms with Crippen LogP contribution in [0.4, 0.5) is 0 Å². The monoisotopic (exact) mass is 288 g/mol. The lowest BCUT2D eigenvalue weighted by Crippen LogP contribution is -2.33. The largest absolute Gasteiger partial charge is 0.383 e. The molecule has 5 heteroatoms. The van der Waals surface area contributed by atoms with E-state index in [9.17, 15) is 0 Å². The second-order valence-electron chi connectivity index (χ2n) is 4.59. The molecule has 0 spiro atoms. The molecule has 2 unspecified atom stereocenters. The molecule has 0 bridgehead atoms. The Morgan fingerprint density at radius 2 is 2.22 bits per heavy atom. The molecular formula is C13H18Cl2N2O. The van der Waals surface area contributed by atoms with Gasteiger partial charge in [0.25, 0.3) is 0 Å². The summed E-state index contributed by atoms with van der Waals surface area (Å²) >= 11 is 12.3. The van der Waals surface area contributed by atoms with Crippen LogP contribution in [0.15, 0.2) is 18.2 Å². The average molecular weight is 289 g/mol.